The minimum atomic E-state index is -0.970. The Morgan fingerprint density at radius 2 is 1.77 bits per heavy atom. The predicted molar refractivity (Wildman–Crippen MR) is 135 cm³/mol. The Balaban J connectivity index is 1.79. The first kappa shape index (κ1) is 22.6. The molecule has 1 N–H and O–H groups in total. The number of fused-ring (bicyclic) bond motifs is 1. The smallest absolute Gasteiger partial charge is 0.301 e. The molecule has 4 aromatic rings. The van der Waals surface area contributed by atoms with E-state index in [1.54, 1.807) is 48.5 Å². The summed E-state index contributed by atoms with van der Waals surface area (Å²) in [5, 5.41) is 11.6. The van der Waals surface area contributed by atoms with Gasteiger partial charge in [0.1, 0.15) is 11.8 Å². The molecule has 8 heteroatoms. The molecule has 2 heterocycles. The molecule has 1 amide bonds. The number of aliphatic hydroxyl groups excluding tert-OH is 1. The minimum Gasteiger partial charge on any atom is -0.507 e. The monoisotopic (exact) mass is 486 g/mol. The number of ketones is 1. The van der Waals surface area contributed by atoms with Gasteiger partial charge in [0.15, 0.2) is 16.6 Å². The summed E-state index contributed by atoms with van der Waals surface area (Å²) >= 11 is 1.31. The van der Waals surface area contributed by atoms with Crippen LogP contribution < -0.4 is 14.4 Å². The lowest BCUT2D eigenvalue weighted by atomic mass is 9.94. The summed E-state index contributed by atoms with van der Waals surface area (Å²) in [7, 11) is 3.00. The van der Waals surface area contributed by atoms with Crippen LogP contribution in [0, 0.1) is 6.92 Å². The number of thiazole rings is 1. The highest BCUT2D eigenvalue weighted by atomic mass is 32.1. The van der Waals surface area contributed by atoms with Crippen LogP contribution in [0.1, 0.15) is 22.7 Å². The molecule has 0 spiro atoms. The number of para-hydroxylation sites is 1. The molecule has 0 bridgehead atoms. The number of carbonyl (C=O) groups is 2. The fourth-order valence-corrected chi connectivity index (χ4v) is 5.42. The number of carbonyl (C=O) groups excluding carboxylic acids is 2. The van der Waals surface area contributed by atoms with Crippen molar-refractivity contribution in [2.24, 2.45) is 0 Å². The van der Waals surface area contributed by atoms with Crippen LogP contribution in [0.5, 0.6) is 11.5 Å². The van der Waals surface area contributed by atoms with Crippen LogP contribution >= 0.6 is 11.3 Å². The standard InChI is InChI=1S/C27H22N2O5S/c1-15-12-13-18-20(14-15)35-27(28-18)29-22(17-10-7-11-19(33-2)25(17)34-3)21(24(31)26(29)32)23(30)16-8-5-4-6-9-16/h4-14,22,30H,1-3H3/b23-21+/t22-/m0/s1. The second-order valence-corrected chi connectivity index (χ2v) is 9.09. The number of Topliss-reactive ketones (excluding diaryl/α,β-unsaturated/α-hetero) is 1. The number of rotatable bonds is 5. The number of aliphatic hydroxyl groups is 1. The van der Waals surface area contributed by atoms with Crippen LogP contribution in [0.2, 0.25) is 0 Å². The van der Waals surface area contributed by atoms with Crippen molar-refractivity contribution in [2.45, 2.75) is 13.0 Å². The topological polar surface area (TPSA) is 89.0 Å². The van der Waals surface area contributed by atoms with Gasteiger partial charge in [0.2, 0.25) is 0 Å². The summed E-state index contributed by atoms with van der Waals surface area (Å²) in [6.07, 6.45) is 0. The summed E-state index contributed by atoms with van der Waals surface area (Å²) in [5.74, 6) is -1.03. The van der Waals surface area contributed by atoms with Crippen molar-refractivity contribution in [3.8, 4) is 11.5 Å². The molecular formula is C27H22N2O5S. The van der Waals surface area contributed by atoms with E-state index in [9.17, 15) is 14.7 Å². The molecule has 176 valence electrons. The third-order valence-electron chi connectivity index (χ3n) is 5.96. The van der Waals surface area contributed by atoms with E-state index in [0.29, 0.717) is 27.8 Å². The molecule has 1 fully saturated rings. The minimum absolute atomic E-state index is 0.0387. The highest BCUT2D eigenvalue weighted by molar-refractivity contribution is 7.22. The van der Waals surface area contributed by atoms with Gasteiger partial charge in [-0.05, 0) is 30.7 Å². The van der Waals surface area contributed by atoms with E-state index >= 15 is 0 Å². The number of benzene rings is 3. The maximum atomic E-state index is 13.5. The molecule has 5 rings (SSSR count). The molecule has 1 aromatic heterocycles. The Kier molecular flexibility index (Phi) is 5.74. The lowest BCUT2D eigenvalue weighted by Crippen LogP contribution is -2.29. The molecule has 7 nitrogen and oxygen atoms in total. The maximum Gasteiger partial charge on any atom is 0.301 e. The number of ether oxygens (including phenoxy) is 2. The number of hydrogen-bond donors (Lipinski definition) is 1. The number of aromatic nitrogens is 1. The van der Waals surface area contributed by atoms with Gasteiger partial charge in [-0.3, -0.25) is 14.5 Å². The Bertz CT molecular complexity index is 1490. The maximum absolute atomic E-state index is 13.5. The van der Waals surface area contributed by atoms with Crippen molar-refractivity contribution in [3.63, 3.8) is 0 Å². The van der Waals surface area contributed by atoms with E-state index in [0.717, 1.165) is 15.8 Å². The SMILES string of the molecule is COc1cccc([C@H]2/C(=C(\O)c3ccccc3)C(=O)C(=O)N2c2nc3ccc(C)cc3s2)c1OC. The van der Waals surface area contributed by atoms with E-state index < -0.39 is 17.7 Å². The Hall–Kier alpha value is -4.17. The van der Waals surface area contributed by atoms with Gasteiger partial charge in [0, 0.05) is 11.1 Å². The lowest BCUT2D eigenvalue weighted by Gasteiger charge is -2.25. The predicted octanol–water partition coefficient (Wildman–Crippen LogP) is 5.25. The average Bonchev–Trinajstić information content (AvgIpc) is 3.41. The zero-order valence-corrected chi connectivity index (χ0v) is 20.1. The molecular weight excluding hydrogens is 464 g/mol. The molecule has 0 radical (unpaired) electrons. The Morgan fingerprint density at radius 3 is 2.49 bits per heavy atom. The van der Waals surface area contributed by atoms with E-state index in [1.807, 2.05) is 25.1 Å². The van der Waals surface area contributed by atoms with Crippen LogP contribution in [0.25, 0.3) is 16.0 Å². The van der Waals surface area contributed by atoms with E-state index in [4.69, 9.17) is 9.47 Å². The van der Waals surface area contributed by atoms with Crippen LogP contribution in [-0.2, 0) is 9.59 Å². The second kappa shape index (κ2) is 8.88. The van der Waals surface area contributed by atoms with Crippen molar-refractivity contribution in [1.82, 2.24) is 4.98 Å². The van der Waals surface area contributed by atoms with Gasteiger partial charge in [-0.15, -0.1) is 0 Å². The van der Waals surface area contributed by atoms with E-state index in [-0.39, 0.29) is 11.3 Å². The number of amides is 1. The van der Waals surface area contributed by atoms with Gasteiger partial charge in [-0.1, -0.05) is 59.9 Å². The van der Waals surface area contributed by atoms with E-state index in [1.165, 1.54) is 30.5 Å². The molecule has 0 aliphatic carbocycles. The summed E-state index contributed by atoms with van der Waals surface area (Å²) < 4.78 is 12.0. The van der Waals surface area contributed by atoms with E-state index in [2.05, 4.69) is 4.98 Å². The van der Waals surface area contributed by atoms with Crippen LogP contribution in [0.3, 0.4) is 0 Å². The number of anilines is 1. The fourth-order valence-electron chi connectivity index (χ4n) is 4.33. The zero-order valence-electron chi connectivity index (χ0n) is 19.3. The summed E-state index contributed by atoms with van der Waals surface area (Å²) in [6, 6.07) is 18.7. The number of nitrogens with zero attached hydrogens (tertiary/aromatic N) is 2. The van der Waals surface area contributed by atoms with Crippen LogP contribution in [0.15, 0.2) is 72.3 Å². The Morgan fingerprint density at radius 1 is 1.00 bits per heavy atom. The summed E-state index contributed by atoms with van der Waals surface area (Å²) in [6.45, 7) is 1.98. The van der Waals surface area contributed by atoms with Crippen molar-refractivity contribution in [2.75, 3.05) is 19.1 Å². The van der Waals surface area contributed by atoms with Crippen molar-refractivity contribution in [3.05, 3.63) is 89.0 Å². The van der Waals surface area contributed by atoms with Crippen LogP contribution in [-0.4, -0.2) is 36.0 Å². The quantitative estimate of drug-likeness (QED) is 0.236. The number of hydrogen-bond acceptors (Lipinski definition) is 7. The van der Waals surface area contributed by atoms with Gasteiger partial charge in [0.05, 0.1) is 30.0 Å². The third kappa shape index (κ3) is 3.72. The molecule has 1 saturated heterocycles. The molecule has 0 saturated carbocycles. The first-order valence-corrected chi connectivity index (χ1v) is 11.7. The van der Waals surface area contributed by atoms with Gasteiger partial charge >= 0.3 is 5.91 Å². The van der Waals surface area contributed by atoms with Crippen molar-refractivity contribution >= 4 is 44.1 Å². The molecule has 1 aliphatic rings. The number of aryl methyl sites for hydroxylation is 1. The molecule has 1 atom stereocenters. The largest absolute Gasteiger partial charge is 0.507 e. The molecule has 0 unspecified atom stereocenters. The normalized spacial score (nSPS) is 17.2. The Labute approximate surface area is 205 Å². The van der Waals surface area contributed by atoms with Gasteiger partial charge in [-0.25, -0.2) is 4.98 Å². The van der Waals surface area contributed by atoms with Crippen molar-refractivity contribution < 1.29 is 24.2 Å². The zero-order chi connectivity index (χ0) is 24.7. The first-order chi connectivity index (χ1) is 16.9. The van der Waals surface area contributed by atoms with Gasteiger partial charge in [0.25, 0.3) is 5.78 Å². The van der Waals surface area contributed by atoms with Gasteiger partial charge in [-0.2, -0.15) is 0 Å². The molecule has 1 aliphatic heterocycles. The molecule has 3 aromatic carbocycles. The second-order valence-electron chi connectivity index (χ2n) is 8.09. The van der Waals surface area contributed by atoms with Crippen LogP contribution in [0.4, 0.5) is 5.13 Å². The average molecular weight is 487 g/mol. The fraction of sp³-hybridized carbons (Fsp3) is 0.148. The highest BCUT2D eigenvalue weighted by Crippen LogP contribution is 2.48. The lowest BCUT2D eigenvalue weighted by molar-refractivity contribution is -0.132. The molecule has 35 heavy (non-hydrogen) atoms. The summed E-state index contributed by atoms with van der Waals surface area (Å²) in [5.41, 5.74) is 2.67. The highest BCUT2D eigenvalue weighted by Gasteiger charge is 2.49. The number of methoxy groups -OCH3 is 2. The van der Waals surface area contributed by atoms with Crippen molar-refractivity contribution in [1.29, 1.82) is 0 Å². The third-order valence-corrected chi connectivity index (χ3v) is 6.98. The van der Waals surface area contributed by atoms with Gasteiger partial charge < -0.3 is 14.6 Å². The summed E-state index contributed by atoms with van der Waals surface area (Å²) in [4.78, 5) is 32.9. The first-order valence-electron chi connectivity index (χ1n) is 10.9.